The Morgan fingerprint density at radius 3 is 2.19 bits per heavy atom. The first-order valence-corrected chi connectivity index (χ1v) is 6.45. The maximum absolute atomic E-state index is 11.8. The standard InChI is InChI=1S/C12H22N4O5/c1-7(2)14-10(18)6-16(3)12(21)15-8(11(19)20)4-5-9(13)17/h7-8H,4-6H2,1-3H3,(H2,13,17)(H,14,18)(H,15,21)(H,19,20). The van der Waals surface area contributed by atoms with Crippen molar-refractivity contribution in [2.24, 2.45) is 5.73 Å². The Kier molecular flexibility index (Phi) is 7.80. The third-order valence-corrected chi connectivity index (χ3v) is 2.45. The number of amides is 4. The summed E-state index contributed by atoms with van der Waals surface area (Å²) in [5.74, 6) is -2.28. The van der Waals surface area contributed by atoms with E-state index in [1.807, 2.05) is 0 Å². The smallest absolute Gasteiger partial charge is 0.326 e. The molecule has 0 aromatic carbocycles. The fourth-order valence-corrected chi connectivity index (χ4v) is 1.46. The molecule has 0 saturated heterocycles. The SMILES string of the molecule is CC(C)NC(=O)CN(C)C(=O)NC(CCC(N)=O)C(=O)O. The second-order valence-electron chi connectivity index (χ2n) is 4.92. The van der Waals surface area contributed by atoms with E-state index in [2.05, 4.69) is 10.6 Å². The lowest BCUT2D eigenvalue weighted by Gasteiger charge is -2.21. The molecule has 1 atom stereocenters. The zero-order chi connectivity index (χ0) is 16.6. The Bertz CT molecular complexity index is 410. The molecule has 0 rings (SSSR count). The molecular formula is C12H22N4O5. The zero-order valence-corrected chi connectivity index (χ0v) is 12.4. The van der Waals surface area contributed by atoms with E-state index >= 15 is 0 Å². The highest BCUT2D eigenvalue weighted by molar-refractivity contribution is 5.86. The van der Waals surface area contributed by atoms with Crippen LogP contribution in [0.4, 0.5) is 4.79 Å². The number of hydrogen-bond donors (Lipinski definition) is 4. The third kappa shape index (κ3) is 8.45. The van der Waals surface area contributed by atoms with Crippen LogP contribution in [-0.4, -0.2) is 59.5 Å². The van der Waals surface area contributed by atoms with Gasteiger partial charge in [0.05, 0.1) is 0 Å². The molecule has 0 aliphatic heterocycles. The lowest BCUT2D eigenvalue weighted by atomic mass is 10.1. The second-order valence-corrected chi connectivity index (χ2v) is 4.92. The molecule has 0 spiro atoms. The van der Waals surface area contributed by atoms with Crippen LogP contribution in [0.5, 0.6) is 0 Å². The van der Waals surface area contributed by atoms with Gasteiger partial charge in [0.1, 0.15) is 12.6 Å². The molecular weight excluding hydrogens is 280 g/mol. The van der Waals surface area contributed by atoms with E-state index < -0.39 is 23.9 Å². The van der Waals surface area contributed by atoms with Crippen molar-refractivity contribution in [1.29, 1.82) is 0 Å². The Labute approximate surface area is 122 Å². The van der Waals surface area contributed by atoms with Crippen molar-refractivity contribution in [3.8, 4) is 0 Å². The first-order valence-electron chi connectivity index (χ1n) is 6.45. The molecule has 1 unspecified atom stereocenters. The zero-order valence-electron chi connectivity index (χ0n) is 12.4. The van der Waals surface area contributed by atoms with Gasteiger partial charge in [-0.1, -0.05) is 0 Å². The minimum atomic E-state index is -1.27. The number of nitrogens with zero attached hydrogens (tertiary/aromatic N) is 1. The molecule has 0 aromatic rings. The van der Waals surface area contributed by atoms with Gasteiger partial charge in [-0.05, 0) is 20.3 Å². The van der Waals surface area contributed by atoms with Gasteiger partial charge in [-0.15, -0.1) is 0 Å². The second kappa shape index (κ2) is 8.77. The van der Waals surface area contributed by atoms with E-state index in [1.54, 1.807) is 13.8 Å². The minimum absolute atomic E-state index is 0.0590. The summed E-state index contributed by atoms with van der Waals surface area (Å²) in [7, 11) is 1.36. The topological polar surface area (TPSA) is 142 Å². The molecule has 0 heterocycles. The van der Waals surface area contributed by atoms with E-state index in [1.165, 1.54) is 7.05 Å². The van der Waals surface area contributed by atoms with Crippen LogP contribution in [0.2, 0.25) is 0 Å². The van der Waals surface area contributed by atoms with Crippen molar-refractivity contribution in [2.75, 3.05) is 13.6 Å². The molecule has 9 heteroatoms. The highest BCUT2D eigenvalue weighted by Gasteiger charge is 2.23. The molecule has 0 radical (unpaired) electrons. The first kappa shape index (κ1) is 18.7. The van der Waals surface area contributed by atoms with Crippen molar-refractivity contribution >= 4 is 23.8 Å². The molecule has 4 amide bonds. The number of nitrogens with one attached hydrogen (secondary N) is 2. The van der Waals surface area contributed by atoms with E-state index in [4.69, 9.17) is 10.8 Å². The number of aliphatic carboxylic acids is 1. The molecule has 120 valence electrons. The molecule has 9 nitrogen and oxygen atoms in total. The van der Waals surface area contributed by atoms with Crippen LogP contribution in [0, 0.1) is 0 Å². The maximum Gasteiger partial charge on any atom is 0.326 e. The van der Waals surface area contributed by atoms with Gasteiger partial charge in [0.2, 0.25) is 11.8 Å². The number of carboxylic acid groups (broad SMARTS) is 1. The minimum Gasteiger partial charge on any atom is -0.480 e. The summed E-state index contributed by atoms with van der Waals surface area (Å²) in [6, 6.07) is -2.01. The number of carbonyl (C=O) groups is 4. The summed E-state index contributed by atoms with van der Waals surface area (Å²) in [4.78, 5) is 45.9. The normalized spacial score (nSPS) is 11.6. The van der Waals surface area contributed by atoms with Crippen molar-refractivity contribution < 1.29 is 24.3 Å². The van der Waals surface area contributed by atoms with E-state index in [0.29, 0.717) is 0 Å². The van der Waals surface area contributed by atoms with Gasteiger partial charge in [-0.2, -0.15) is 0 Å². The summed E-state index contributed by atoms with van der Waals surface area (Å²) in [5.41, 5.74) is 4.94. The number of urea groups is 1. The quantitative estimate of drug-likeness (QED) is 0.449. The van der Waals surface area contributed by atoms with Crippen LogP contribution < -0.4 is 16.4 Å². The van der Waals surface area contributed by atoms with E-state index in [0.717, 1.165) is 4.90 Å². The highest BCUT2D eigenvalue weighted by Crippen LogP contribution is 1.99. The van der Waals surface area contributed by atoms with Crippen molar-refractivity contribution in [1.82, 2.24) is 15.5 Å². The summed E-state index contributed by atoms with van der Waals surface area (Å²) in [6.07, 6.45) is -0.267. The van der Waals surface area contributed by atoms with Gasteiger partial charge in [-0.3, -0.25) is 9.59 Å². The van der Waals surface area contributed by atoms with Crippen LogP contribution in [-0.2, 0) is 14.4 Å². The van der Waals surface area contributed by atoms with E-state index in [-0.39, 0.29) is 31.3 Å². The molecule has 0 fully saturated rings. The molecule has 0 aliphatic rings. The Balaban J connectivity index is 4.43. The number of carbonyl (C=O) groups excluding carboxylic acids is 3. The maximum atomic E-state index is 11.8. The van der Waals surface area contributed by atoms with Crippen LogP contribution in [0.3, 0.4) is 0 Å². The molecule has 0 bridgehead atoms. The number of nitrogens with two attached hydrogens (primary N) is 1. The predicted octanol–water partition coefficient (Wildman–Crippen LogP) is -1.13. The van der Waals surface area contributed by atoms with Gasteiger partial charge in [-0.25, -0.2) is 9.59 Å². The average molecular weight is 302 g/mol. The van der Waals surface area contributed by atoms with Crippen molar-refractivity contribution in [3.63, 3.8) is 0 Å². The van der Waals surface area contributed by atoms with Crippen LogP contribution >= 0.6 is 0 Å². The van der Waals surface area contributed by atoms with E-state index in [9.17, 15) is 19.2 Å². The lowest BCUT2D eigenvalue weighted by molar-refractivity contribution is -0.139. The predicted molar refractivity (Wildman–Crippen MR) is 74.3 cm³/mol. The van der Waals surface area contributed by atoms with Crippen molar-refractivity contribution in [2.45, 2.75) is 38.8 Å². The fourth-order valence-electron chi connectivity index (χ4n) is 1.46. The third-order valence-electron chi connectivity index (χ3n) is 2.45. The number of rotatable bonds is 8. The van der Waals surface area contributed by atoms with Crippen LogP contribution in [0.1, 0.15) is 26.7 Å². The van der Waals surface area contributed by atoms with Gasteiger partial charge in [0.15, 0.2) is 0 Å². The summed E-state index contributed by atoms with van der Waals surface area (Å²) >= 11 is 0. The molecule has 0 saturated carbocycles. The number of carboxylic acids is 1. The summed E-state index contributed by atoms with van der Waals surface area (Å²) in [5, 5.41) is 13.8. The average Bonchev–Trinajstić information content (AvgIpc) is 2.31. The molecule has 0 aliphatic carbocycles. The molecule has 5 N–H and O–H groups in total. The highest BCUT2D eigenvalue weighted by atomic mass is 16.4. The molecule has 0 aromatic heterocycles. The monoisotopic (exact) mass is 302 g/mol. The first-order chi connectivity index (χ1) is 9.63. The summed E-state index contributed by atoms with van der Waals surface area (Å²) in [6.45, 7) is 3.36. The Morgan fingerprint density at radius 1 is 1.19 bits per heavy atom. The lowest BCUT2D eigenvalue weighted by Crippen LogP contribution is -2.49. The van der Waals surface area contributed by atoms with Gasteiger partial charge in [0.25, 0.3) is 0 Å². The van der Waals surface area contributed by atoms with Gasteiger partial charge >= 0.3 is 12.0 Å². The molecule has 21 heavy (non-hydrogen) atoms. The number of primary amides is 1. The Morgan fingerprint density at radius 2 is 1.76 bits per heavy atom. The van der Waals surface area contributed by atoms with Gasteiger partial charge < -0.3 is 26.4 Å². The largest absolute Gasteiger partial charge is 0.480 e. The summed E-state index contributed by atoms with van der Waals surface area (Å²) < 4.78 is 0. The number of hydrogen-bond acceptors (Lipinski definition) is 4. The van der Waals surface area contributed by atoms with Crippen molar-refractivity contribution in [3.05, 3.63) is 0 Å². The van der Waals surface area contributed by atoms with Crippen LogP contribution in [0.25, 0.3) is 0 Å². The Hall–Kier alpha value is -2.32. The fraction of sp³-hybridized carbons (Fsp3) is 0.667. The van der Waals surface area contributed by atoms with Gasteiger partial charge in [0, 0.05) is 19.5 Å². The number of likely N-dealkylation sites (N-methyl/N-ethyl adjacent to an activating group) is 1. The van der Waals surface area contributed by atoms with Crippen LogP contribution in [0.15, 0.2) is 0 Å².